The van der Waals surface area contributed by atoms with Crippen LogP contribution in [0.1, 0.15) is 15.9 Å². The number of azo groups is 1. The molecule has 0 radical (unpaired) electrons. The highest BCUT2D eigenvalue weighted by molar-refractivity contribution is 7.90. The van der Waals surface area contributed by atoms with Gasteiger partial charge >= 0.3 is 0 Å². The molecule has 2 heterocycles. The second kappa shape index (κ2) is 10.4. The summed E-state index contributed by atoms with van der Waals surface area (Å²) in [6.07, 6.45) is 3.93. The minimum Gasteiger partial charge on any atom is -0.351 e. The summed E-state index contributed by atoms with van der Waals surface area (Å²) in [5.41, 5.74) is 2.02. The molecule has 2 aromatic carbocycles. The summed E-state index contributed by atoms with van der Waals surface area (Å²) >= 11 is 0. The van der Waals surface area contributed by atoms with E-state index in [0.29, 0.717) is 28.1 Å². The molecule has 1 amide bonds. The van der Waals surface area contributed by atoms with E-state index in [4.69, 9.17) is 0 Å². The van der Waals surface area contributed by atoms with Crippen LogP contribution < -0.4 is 5.32 Å². The zero-order chi connectivity index (χ0) is 25.7. The Morgan fingerprint density at radius 1 is 1.17 bits per heavy atom. The quantitative estimate of drug-likeness (QED) is 0.204. The lowest BCUT2D eigenvalue weighted by Crippen LogP contribution is -2.28. The molecule has 0 aliphatic rings. The van der Waals surface area contributed by atoms with E-state index < -0.39 is 14.8 Å². The molecule has 1 N–H and O–H groups in total. The van der Waals surface area contributed by atoms with E-state index in [-0.39, 0.29) is 30.4 Å². The van der Waals surface area contributed by atoms with Gasteiger partial charge < -0.3 is 5.32 Å². The Morgan fingerprint density at radius 2 is 1.94 bits per heavy atom. The molecule has 0 aliphatic carbocycles. The van der Waals surface area contributed by atoms with E-state index in [0.717, 1.165) is 11.8 Å². The first-order chi connectivity index (χ1) is 17.2. The standard InChI is InChI=1S/C22H20N8O5S/c1-36(34,35)10-9-23-22(31)16-7-5-15(6-8-16)12-26-28-20-19-13-27-29(21(19)25-14-24-20)17-3-2-4-18(11-17)30(32)33/h2-8,11,13-14H,9-10,12H2,1H3,(H,23,31). The molecule has 0 aliphatic heterocycles. The smallest absolute Gasteiger partial charge is 0.271 e. The van der Waals surface area contributed by atoms with Crippen LogP contribution in [-0.4, -0.2) is 57.6 Å². The Balaban J connectivity index is 1.44. The lowest BCUT2D eigenvalue weighted by molar-refractivity contribution is -0.384. The van der Waals surface area contributed by atoms with Crippen molar-refractivity contribution in [2.75, 3.05) is 18.6 Å². The van der Waals surface area contributed by atoms with Crippen molar-refractivity contribution in [3.8, 4) is 5.69 Å². The normalized spacial score (nSPS) is 11.7. The summed E-state index contributed by atoms with van der Waals surface area (Å²) in [5, 5.41) is 26.8. The van der Waals surface area contributed by atoms with Gasteiger partial charge in [0.2, 0.25) is 0 Å². The molecule has 0 saturated heterocycles. The monoisotopic (exact) mass is 508 g/mol. The fourth-order valence-electron chi connectivity index (χ4n) is 3.24. The van der Waals surface area contributed by atoms with Crippen molar-refractivity contribution in [3.63, 3.8) is 0 Å². The number of benzene rings is 2. The molecule has 36 heavy (non-hydrogen) atoms. The van der Waals surface area contributed by atoms with Crippen LogP contribution >= 0.6 is 0 Å². The highest BCUT2D eigenvalue weighted by atomic mass is 32.2. The van der Waals surface area contributed by atoms with Crippen LogP contribution in [0.5, 0.6) is 0 Å². The molecular formula is C22H20N8O5S. The number of fused-ring (bicyclic) bond motifs is 1. The van der Waals surface area contributed by atoms with E-state index >= 15 is 0 Å². The van der Waals surface area contributed by atoms with Crippen molar-refractivity contribution in [1.82, 2.24) is 25.1 Å². The first-order valence-corrected chi connectivity index (χ1v) is 12.6. The molecule has 0 unspecified atom stereocenters. The summed E-state index contributed by atoms with van der Waals surface area (Å²) in [4.78, 5) is 31.1. The van der Waals surface area contributed by atoms with Crippen molar-refractivity contribution in [1.29, 1.82) is 0 Å². The topological polar surface area (TPSA) is 175 Å². The number of non-ortho nitro benzene ring substituents is 1. The number of hydrogen-bond donors (Lipinski definition) is 1. The Hall–Kier alpha value is -4.59. The molecule has 4 rings (SSSR count). The molecule has 0 fully saturated rings. The van der Waals surface area contributed by atoms with Crippen LogP contribution in [0.3, 0.4) is 0 Å². The van der Waals surface area contributed by atoms with E-state index in [1.807, 2.05) is 0 Å². The number of nitrogens with zero attached hydrogens (tertiary/aromatic N) is 7. The van der Waals surface area contributed by atoms with E-state index in [9.17, 15) is 23.3 Å². The van der Waals surface area contributed by atoms with Crippen LogP contribution in [0, 0.1) is 10.1 Å². The number of rotatable bonds is 9. The zero-order valence-electron chi connectivity index (χ0n) is 19.0. The number of hydrogen-bond acceptors (Lipinski definition) is 10. The summed E-state index contributed by atoms with van der Waals surface area (Å²) in [7, 11) is -3.15. The maximum absolute atomic E-state index is 12.1. The van der Waals surface area contributed by atoms with Gasteiger partial charge in [-0.25, -0.2) is 23.1 Å². The van der Waals surface area contributed by atoms with Gasteiger partial charge in [0.25, 0.3) is 11.6 Å². The molecule has 4 aromatic rings. The number of aromatic nitrogens is 4. The molecule has 0 spiro atoms. The summed E-state index contributed by atoms with van der Waals surface area (Å²) in [5.74, 6) is -0.202. The summed E-state index contributed by atoms with van der Waals surface area (Å²) in [6.45, 7) is 0.263. The van der Waals surface area contributed by atoms with E-state index in [1.54, 1.807) is 36.4 Å². The van der Waals surface area contributed by atoms with Crippen molar-refractivity contribution < 1.29 is 18.1 Å². The molecular weight excluding hydrogens is 488 g/mol. The second-order valence-corrected chi connectivity index (χ2v) is 10.0. The van der Waals surface area contributed by atoms with Gasteiger partial charge in [-0.3, -0.25) is 14.9 Å². The van der Waals surface area contributed by atoms with Gasteiger partial charge in [0.1, 0.15) is 16.2 Å². The van der Waals surface area contributed by atoms with Gasteiger partial charge in [0.05, 0.1) is 34.5 Å². The number of nitro groups is 1. The van der Waals surface area contributed by atoms with Gasteiger partial charge in [-0.1, -0.05) is 18.2 Å². The highest BCUT2D eigenvalue weighted by Crippen LogP contribution is 2.25. The predicted octanol–water partition coefficient (Wildman–Crippen LogP) is 2.78. The van der Waals surface area contributed by atoms with Gasteiger partial charge in [-0.15, -0.1) is 5.11 Å². The first-order valence-electron chi connectivity index (χ1n) is 10.6. The minimum absolute atomic E-state index is 0.0405. The molecule has 184 valence electrons. The van der Waals surface area contributed by atoms with Crippen LogP contribution in [0.2, 0.25) is 0 Å². The highest BCUT2D eigenvalue weighted by Gasteiger charge is 2.14. The summed E-state index contributed by atoms with van der Waals surface area (Å²) in [6, 6.07) is 12.7. The fraction of sp³-hybridized carbons (Fsp3) is 0.182. The Kier molecular flexibility index (Phi) is 7.05. The van der Waals surface area contributed by atoms with E-state index in [1.165, 1.54) is 29.3 Å². The van der Waals surface area contributed by atoms with Gasteiger partial charge in [-0.2, -0.15) is 10.2 Å². The van der Waals surface area contributed by atoms with Crippen LogP contribution in [0.25, 0.3) is 16.7 Å². The number of nitrogens with one attached hydrogen (secondary N) is 1. The molecule has 13 nitrogen and oxygen atoms in total. The van der Waals surface area contributed by atoms with E-state index in [2.05, 4.69) is 30.6 Å². The van der Waals surface area contributed by atoms with Gasteiger partial charge in [0.15, 0.2) is 11.5 Å². The van der Waals surface area contributed by atoms with Gasteiger partial charge in [-0.05, 0) is 23.8 Å². The van der Waals surface area contributed by atoms with Crippen molar-refractivity contribution in [2.24, 2.45) is 10.2 Å². The van der Waals surface area contributed by atoms with Gasteiger partial charge in [0, 0.05) is 30.5 Å². The number of carbonyl (C=O) groups is 1. The third-order valence-electron chi connectivity index (χ3n) is 5.02. The lowest BCUT2D eigenvalue weighted by atomic mass is 10.1. The first kappa shape index (κ1) is 24.5. The minimum atomic E-state index is -3.15. The van der Waals surface area contributed by atoms with Crippen LogP contribution in [0.15, 0.2) is 71.3 Å². The second-order valence-electron chi connectivity index (χ2n) is 7.75. The SMILES string of the molecule is CS(=O)(=O)CCNC(=O)c1ccc(CN=Nc2ncnc3c2cnn3-c2cccc([N+](=O)[O-])c2)cc1. The fourth-order valence-corrected chi connectivity index (χ4v) is 3.71. The predicted molar refractivity (Wildman–Crippen MR) is 130 cm³/mol. The van der Waals surface area contributed by atoms with Crippen molar-refractivity contribution in [3.05, 3.63) is 82.3 Å². The van der Waals surface area contributed by atoms with Crippen LogP contribution in [-0.2, 0) is 16.4 Å². The Labute approximate surface area is 205 Å². The van der Waals surface area contributed by atoms with Crippen LogP contribution in [0.4, 0.5) is 11.5 Å². The molecule has 2 aromatic heterocycles. The number of carbonyl (C=O) groups excluding carboxylic acids is 1. The molecule has 0 saturated carbocycles. The number of nitro benzene ring substituents is 1. The molecule has 14 heteroatoms. The third kappa shape index (κ3) is 5.90. The maximum atomic E-state index is 12.1. The Bertz CT molecular complexity index is 1570. The number of sulfone groups is 1. The van der Waals surface area contributed by atoms with Crippen molar-refractivity contribution >= 4 is 38.3 Å². The maximum Gasteiger partial charge on any atom is 0.271 e. The van der Waals surface area contributed by atoms with Crippen molar-refractivity contribution in [2.45, 2.75) is 6.54 Å². The third-order valence-corrected chi connectivity index (χ3v) is 5.97. The zero-order valence-corrected chi connectivity index (χ0v) is 19.8. The Morgan fingerprint density at radius 3 is 2.67 bits per heavy atom. The largest absolute Gasteiger partial charge is 0.351 e. The number of amides is 1. The lowest BCUT2D eigenvalue weighted by Gasteiger charge is -2.05. The molecule has 0 atom stereocenters. The average Bonchev–Trinajstić information content (AvgIpc) is 3.29. The average molecular weight is 509 g/mol. The summed E-state index contributed by atoms with van der Waals surface area (Å²) < 4.78 is 23.8. The molecule has 0 bridgehead atoms.